The summed E-state index contributed by atoms with van der Waals surface area (Å²) < 4.78 is 0. The lowest BCUT2D eigenvalue weighted by atomic mass is 10.1. The van der Waals surface area contributed by atoms with Crippen molar-refractivity contribution in [3.05, 3.63) is 12.2 Å². The molecule has 13 heavy (non-hydrogen) atoms. The van der Waals surface area contributed by atoms with Gasteiger partial charge in [-0.3, -0.25) is 0 Å². The van der Waals surface area contributed by atoms with Crippen LogP contribution in [0.25, 0.3) is 0 Å². The topological polar surface area (TPSA) is 37.3 Å². The van der Waals surface area contributed by atoms with E-state index in [-0.39, 0.29) is 5.57 Å². The van der Waals surface area contributed by atoms with Crippen molar-refractivity contribution >= 4 is 21.9 Å². The zero-order valence-corrected chi connectivity index (χ0v) is 10.2. The second kappa shape index (κ2) is 9.78. The highest BCUT2D eigenvalue weighted by Crippen LogP contribution is 2.03. The van der Waals surface area contributed by atoms with Gasteiger partial charge in [0.25, 0.3) is 0 Å². The maximum absolute atomic E-state index is 9.60. The molecule has 0 atom stereocenters. The summed E-state index contributed by atoms with van der Waals surface area (Å²) in [5.74, 6) is -0.0625. The number of halogens is 1. The lowest BCUT2D eigenvalue weighted by Gasteiger charge is -1.98. The van der Waals surface area contributed by atoms with Crippen LogP contribution in [0, 0.1) is 5.92 Å². The van der Waals surface area contributed by atoms with Crippen LogP contribution in [-0.2, 0) is 4.79 Å². The predicted molar refractivity (Wildman–Crippen MR) is 60.3 cm³/mol. The van der Waals surface area contributed by atoms with Crippen LogP contribution in [0.4, 0.5) is 0 Å². The van der Waals surface area contributed by atoms with Crippen molar-refractivity contribution in [2.24, 2.45) is 5.92 Å². The molecule has 1 N–H and O–H groups in total. The Bertz CT molecular complexity index is 141. The fourth-order valence-electron chi connectivity index (χ4n) is 0.485. The van der Waals surface area contributed by atoms with Crippen LogP contribution in [-0.4, -0.2) is 16.4 Å². The van der Waals surface area contributed by atoms with E-state index in [1.807, 2.05) is 0 Å². The summed E-state index contributed by atoms with van der Waals surface area (Å²) in [6.45, 7) is 9.11. The number of alkyl halides is 1. The Kier molecular flexibility index (Phi) is 11.4. The first-order chi connectivity index (χ1) is 5.91. The second-order valence-electron chi connectivity index (χ2n) is 3.31. The zero-order chi connectivity index (χ0) is 10.9. The molecule has 0 spiro atoms. The fourth-order valence-corrected chi connectivity index (χ4v) is 0.809. The lowest BCUT2D eigenvalue weighted by Crippen LogP contribution is -1.92. The molecule has 0 bridgehead atoms. The highest BCUT2D eigenvalue weighted by Gasteiger charge is 1.90. The van der Waals surface area contributed by atoms with E-state index in [1.165, 1.54) is 19.8 Å². The largest absolute Gasteiger partial charge is 0.478 e. The molecule has 0 aliphatic carbocycles. The van der Waals surface area contributed by atoms with E-state index in [0.717, 1.165) is 11.2 Å². The van der Waals surface area contributed by atoms with Gasteiger partial charge in [-0.25, -0.2) is 4.79 Å². The molecule has 0 saturated heterocycles. The Morgan fingerprint density at radius 2 is 1.92 bits per heavy atom. The van der Waals surface area contributed by atoms with Gasteiger partial charge in [-0.2, -0.15) is 0 Å². The molecule has 0 aliphatic rings. The lowest BCUT2D eigenvalue weighted by molar-refractivity contribution is -0.132. The van der Waals surface area contributed by atoms with Crippen molar-refractivity contribution in [2.75, 3.05) is 5.33 Å². The summed E-state index contributed by atoms with van der Waals surface area (Å²) in [6.07, 6.45) is 2.67. The monoisotopic (exact) mass is 250 g/mol. The summed E-state index contributed by atoms with van der Waals surface area (Å²) >= 11 is 3.38. The molecule has 0 aromatic rings. The molecule has 0 aromatic carbocycles. The van der Waals surface area contributed by atoms with Gasteiger partial charge in [0.05, 0.1) is 0 Å². The van der Waals surface area contributed by atoms with Crippen molar-refractivity contribution < 1.29 is 9.90 Å². The predicted octanol–water partition coefficient (Wildman–Crippen LogP) is 3.46. The maximum atomic E-state index is 9.60. The summed E-state index contributed by atoms with van der Waals surface area (Å²) in [5, 5.41) is 9.05. The van der Waals surface area contributed by atoms with Gasteiger partial charge in [-0.15, -0.1) is 0 Å². The molecule has 0 heterocycles. The standard InChI is InChI=1S/C6H13Br.C4H6O2/c1-6(2)4-3-5-7;1-3(2)4(5)6/h6H,3-5H2,1-2H3;1H2,2H3,(H,5,6). The molecular formula is C10H19BrO2. The van der Waals surface area contributed by atoms with Gasteiger partial charge in [-0.1, -0.05) is 42.8 Å². The molecule has 0 amide bonds. The molecule has 2 nitrogen and oxygen atoms in total. The van der Waals surface area contributed by atoms with Crippen LogP contribution in [0.3, 0.4) is 0 Å². The maximum Gasteiger partial charge on any atom is 0.330 e. The summed E-state index contributed by atoms with van der Waals surface area (Å²) in [4.78, 5) is 9.60. The first-order valence-corrected chi connectivity index (χ1v) is 5.48. The molecule has 0 rings (SSSR count). The van der Waals surface area contributed by atoms with Crippen molar-refractivity contribution in [1.82, 2.24) is 0 Å². The van der Waals surface area contributed by atoms with Gasteiger partial charge in [-0.05, 0) is 19.3 Å². The first kappa shape index (κ1) is 15.2. The van der Waals surface area contributed by atoms with E-state index >= 15 is 0 Å². The summed E-state index contributed by atoms with van der Waals surface area (Å²) in [5.41, 5.74) is 0.176. The Morgan fingerprint density at radius 1 is 1.54 bits per heavy atom. The number of hydrogen-bond acceptors (Lipinski definition) is 1. The van der Waals surface area contributed by atoms with E-state index in [1.54, 1.807) is 0 Å². The van der Waals surface area contributed by atoms with Crippen LogP contribution < -0.4 is 0 Å². The van der Waals surface area contributed by atoms with Gasteiger partial charge in [0.15, 0.2) is 0 Å². The van der Waals surface area contributed by atoms with Gasteiger partial charge in [0.2, 0.25) is 0 Å². The Morgan fingerprint density at radius 3 is 2.00 bits per heavy atom. The first-order valence-electron chi connectivity index (χ1n) is 4.36. The van der Waals surface area contributed by atoms with E-state index in [2.05, 4.69) is 36.4 Å². The van der Waals surface area contributed by atoms with Crippen molar-refractivity contribution in [2.45, 2.75) is 33.6 Å². The molecule has 78 valence electrons. The number of aliphatic carboxylic acids is 1. The number of carboxylic acid groups (broad SMARTS) is 1. The van der Waals surface area contributed by atoms with Crippen molar-refractivity contribution in [3.8, 4) is 0 Å². The molecule has 3 heteroatoms. The van der Waals surface area contributed by atoms with Crippen molar-refractivity contribution in [3.63, 3.8) is 0 Å². The molecule has 0 radical (unpaired) electrons. The quantitative estimate of drug-likeness (QED) is 0.613. The van der Waals surface area contributed by atoms with E-state index in [9.17, 15) is 4.79 Å². The van der Waals surface area contributed by atoms with Crippen LogP contribution in [0.2, 0.25) is 0 Å². The summed E-state index contributed by atoms with van der Waals surface area (Å²) in [7, 11) is 0. The van der Waals surface area contributed by atoms with E-state index < -0.39 is 5.97 Å². The van der Waals surface area contributed by atoms with Crippen LogP contribution in [0.1, 0.15) is 33.6 Å². The number of carbonyl (C=O) groups is 1. The highest BCUT2D eigenvalue weighted by molar-refractivity contribution is 9.09. The molecule has 0 fully saturated rings. The third-order valence-electron chi connectivity index (χ3n) is 1.28. The number of carboxylic acids is 1. The Labute approximate surface area is 89.2 Å². The van der Waals surface area contributed by atoms with Gasteiger partial charge < -0.3 is 5.11 Å². The smallest absolute Gasteiger partial charge is 0.330 e. The van der Waals surface area contributed by atoms with Crippen LogP contribution in [0.15, 0.2) is 12.2 Å². The fraction of sp³-hybridized carbons (Fsp3) is 0.700. The van der Waals surface area contributed by atoms with E-state index in [4.69, 9.17) is 5.11 Å². The minimum absolute atomic E-state index is 0.176. The molecule has 0 aromatic heterocycles. The number of hydrogen-bond donors (Lipinski definition) is 1. The Hall–Kier alpha value is -0.310. The van der Waals surface area contributed by atoms with Crippen molar-refractivity contribution in [1.29, 1.82) is 0 Å². The zero-order valence-electron chi connectivity index (χ0n) is 8.64. The normalized spacial score (nSPS) is 9.00. The SMILES string of the molecule is C=C(C)C(=O)O.CC(C)CCCBr. The van der Waals surface area contributed by atoms with Gasteiger partial charge >= 0.3 is 5.97 Å². The molecule has 0 unspecified atom stereocenters. The summed E-state index contributed by atoms with van der Waals surface area (Å²) in [6, 6.07) is 0. The third-order valence-corrected chi connectivity index (χ3v) is 1.84. The second-order valence-corrected chi connectivity index (χ2v) is 4.10. The molecule has 0 saturated carbocycles. The average Bonchev–Trinajstić information content (AvgIpc) is 2.01. The molecule has 0 aliphatic heterocycles. The van der Waals surface area contributed by atoms with Gasteiger partial charge in [0, 0.05) is 10.9 Å². The van der Waals surface area contributed by atoms with Crippen LogP contribution >= 0.6 is 15.9 Å². The Balaban J connectivity index is 0. The molecular weight excluding hydrogens is 232 g/mol. The minimum Gasteiger partial charge on any atom is -0.478 e. The average molecular weight is 251 g/mol. The van der Waals surface area contributed by atoms with Gasteiger partial charge in [0.1, 0.15) is 0 Å². The van der Waals surface area contributed by atoms with E-state index in [0.29, 0.717) is 0 Å². The third kappa shape index (κ3) is 18.6. The highest BCUT2D eigenvalue weighted by atomic mass is 79.9. The number of rotatable bonds is 4. The minimum atomic E-state index is -0.935. The van der Waals surface area contributed by atoms with Crippen LogP contribution in [0.5, 0.6) is 0 Å².